The van der Waals surface area contributed by atoms with E-state index in [-0.39, 0.29) is 0 Å². The first kappa shape index (κ1) is 16.5. The molecule has 1 N–H and O–H groups in total. The van der Waals surface area contributed by atoms with E-state index in [4.69, 9.17) is 11.6 Å². The average molecular weight is 323 g/mol. The van der Waals surface area contributed by atoms with Gasteiger partial charge in [0, 0.05) is 0 Å². The fraction of sp³-hybridized carbons (Fsp3) is 0.444. The minimum atomic E-state index is -0.619. The number of benzene rings is 1. The number of rotatable bonds is 5. The molecule has 0 fully saturated rings. The Morgan fingerprint density at radius 3 is 2.05 bits per heavy atom. The summed E-state index contributed by atoms with van der Waals surface area (Å²) in [5.41, 5.74) is 5.91. The smallest absolute Gasteiger partial charge is 0.115 e. The topological polar surface area (TPSA) is 20.2 Å². The van der Waals surface area contributed by atoms with Gasteiger partial charge in [-0.3, -0.25) is 0 Å². The van der Waals surface area contributed by atoms with Crippen LogP contribution in [-0.4, -0.2) is 5.11 Å². The number of thiophene rings is 1. The molecule has 3 heteroatoms. The van der Waals surface area contributed by atoms with E-state index in [0.717, 1.165) is 35.3 Å². The number of aryl methyl sites for hydroxylation is 4. The molecule has 0 spiro atoms. The van der Waals surface area contributed by atoms with E-state index in [9.17, 15) is 5.11 Å². The lowest BCUT2D eigenvalue weighted by molar-refractivity contribution is 0.222. The molecule has 0 aliphatic carbocycles. The highest BCUT2D eigenvalue weighted by Gasteiger charge is 2.22. The predicted molar refractivity (Wildman–Crippen MR) is 92.7 cm³/mol. The van der Waals surface area contributed by atoms with Gasteiger partial charge < -0.3 is 5.11 Å². The zero-order valence-electron chi connectivity index (χ0n) is 13.2. The van der Waals surface area contributed by atoms with Crippen molar-refractivity contribution in [3.8, 4) is 0 Å². The molecule has 0 radical (unpaired) electrons. The SMILES string of the molecule is CCc1cc(CC)c(C(O)c2scc(C)c2Cl)c(CC)c1. The van der Waals surface area contributed by atoms with E-state index in [0.29, 0.717) is 5.02 Å². The number of aliphatic hydroxyl groups is 1. The maximum atomic E-state index is 10.9. The maximum absolute atomic E-state index is 10.9. The van der Waals surface area contributed by atoms with E-state index in [1.807, 2.05) is 12.3 Å². The Kier molecular flexibility index (Phi) is 5.48. The first-order valence-electron chi connectivity index (χ1n) is 7.59. The van der Waals surface area contributed by atoms with Gasteiger partial charge in [0.25, 0.3) is 0 Å². The van der Waals surface area contributed by atoms with Crippen molar-refractivity contribution in [2.75, 3.05) is 0 Å². The summed E-state index contributed by atoms with van der Waals surface area (Å²) in [6, 6.07) is 4.46. The van der Waals surface area contributed by atoms with Gasteiger partial charge in [-0.05, 0) is 59.4 Å². The third-order valence-electron chi connectivity index (χ3n) is 4.03. The van der Waals surface area contributed by atoms with Crippen LogP contribution in [0.4, 0.5) is 0 Å². The van der Waals surface area contributed by atoms with Gasteiger partial charge in [-0.2, -0.15) is 0 Å². The van der Waals surface area contributed by atoms with Crippen molar-refractivity contribution in [2.45, 2.75) is 53.1 Å². The molecule has 1 heterocycles. The van der Waals surface area contributed by atoms with Gasteiger partial charge in [0.15, 0.2) is 0 Å². The van der Waals surface area contributed by atoms with Crippen LogP contribution < -0.4 is 0 Å². The largest absolute Gasteiger partial charge is 0.383 e. The summed E-state index contributed by atoms with van der Waals surface area (Å²) in [4.78, 5) is 0.864. The van der Waals surface area contributed by atoms with E-state index < -0.39 is 6.10 Å². The molecule has 0 bridgehead atoms. The standard InChI is InChI=1S/C18H23ClOS/c1-5-12-8-13(6-2)15(14(7-3)9-12)17(20)18-16(19)11(4)10-21-18/h8-10,17,20H,5-7H2,1-4H3. The number of hydrogen-bond donors (Lipinski definition) is 1. The second kappa shape index (κ2) is 6.95. The highest BCUT2D eigenvalue weighted by atomic mass is 35.5. The van der Waals surface area contributed by atoms with Crippen LogP contribution in [0.25, 0.3) is 0 Å². The summed E-state index contributed by atoms with van der Waals surface area (Å²) in [5.74, 6) is 0. The Morgan fingerprint density at radius 1 is 1.10 bits per heavy atom. The van der Waals surface area contributed by atoms with Crippen molar-refractivity contribution in [2.24, 2.45) is 0 Å². The van der Waals surface area contributed by atoms with Crippen LogP contribution in [0.3, 0.4) is 0 Å². The molecule has 0 saturated carbocycles. The Bertz CT molecular complexity index is 605. The zero-order valence-corrected chi connectivity index (χ0v) is 14.7. The normalized spacial score (nSPS) is 12.7. The number of halogens is 1. The number of hydrogen-bond acceptors (Lipinski definition) is 2. The lowest BCUT2D eigenvalue weighted by atomic mass is 9.90. The van der Waals surface area contributed by atoms with Crippen molar-refractivity contribution in [3.05, 3.63) is 55.2 Å². The van der Waals surface area contributed by atoms with E-state index in [1.165, 1.54) is 16.7 Å². The van der Waals surface area contributed by atoms with Gasteiger partial charge in [0.2, 0.25) is 0 Å². The predicted octanol–water partition coefficient (Wildman–Crippen LogP) is 5.48. The summed E-state index contributed by atoms with van der Waals surface area (Å²) in [6.45, 7) is 8.44. The minimum absolute atomic E-state index is 0.619. The average Bonchev–Trinajstić information content (AvgIpc) is 2.84. The zero-order chi connectivity index (χ0) is 15.6. The molecule has 0 aliphatic heterocycles. The van der Waals surface area contributed by atoms with Crippen LogP contribution in [-0.2, 0) is 19.3 Å². The monoisotopic (exact) mass is 322 g/mol. The second-order valence-corrected chi connectivity index (χ2v) is 6.68. The Balaban J connectivity index is 2.58. The molecule has 1 aromatic heterocycles. The Morgan fingerprint density at radius 2 is 1.67 bits per heavy atom. The molecule has 1 nitrogen and oxygen atoms in total. The van der Waals surface area contributed by atoms with Crippen LogP contribution in [0.15, 0.2) is 17.5 Å². The summed E-state index contributed by atoms with van der Waals surface area (Å²) in [5, 5.41) is 13.6. The molecule has 21 heavy (non-hydrogen) atoms. The second-order valence-electron chi connectivity index (χ2n) is 5.39. The van der Waals surface area contributed by atoms with Crippen LogP contribution in [0, 0.1) is 6.92 Å². The Labute approximate surface area is 136 Å². The third-order valence-corrected chi connectivity index (χ3v) is 5.79. The van der Waals surface area contributed by atoms with Crippen molar-refractivity contribution in [1.82, 2.24) is 0 Å². The molecule has 114 valence electrons. The molecular formula is C18H23ClOS. The van der Waals surface area contributed by atoms with Gasteiger partial charge in [-0.1, -0.05) is 44.5 Å². The van der Waals surface area contributed by atoms with Crippen LogP contribution in [0.5, 0.6) is 0 Å². The highest BCUT2D eigenvalue weighted by molar-refractivity contribution is 7.10. The van der Waals surface area contributed by atoms with Gasteiger partial charge >= 0.3 is 0 Å². The summed E-state index contributed by atoms with van der Waals surface area (Å²) < 4.78 is 0. The van der Waals surface area contributed by atoms with Crippen molar-refractivity contribution >= 4 is 22.9 Å². The van der Waals surface area contributed by atoms with E-state index in [1.54, 1.807) is 11.3 Å². The van der Waals surface area contributed by atoms with Crippen LogP contribution >= 0.6 is 22.9 Å². The van der Waals surface area contributed by atoms with Crippen molar-refractivity contribution < 1.29 is 5.11 Å². The lowest BCUT2D eigenvalue weighted by Gasteiger charge is -2.20. The summed E-state index contributed by atoms with van der Waals surface area (Å²) in [7, 11) is 0. The minimum Gasteiger partial charge on any atom is -0.383 e. The van der Waals surface area contributed by atoms with Gasteiger partial charge in [-0.15, -0.1) is 11.3 Å². The van der Waals surface area contributed by atoms with Gasteiger partial charge in [0.1, 0.15) is 6.10 Å². The lowest BCUT2D eigenvalue weighted by Crippen LogP contribution is -2.08. The van der Waals surface area contributed by atoms with Gasteiger partial charge in [0.05, 0.1) is 9.90 Å². The molecule has 0 saturated heterocycles. The first-order valence-corrected chi connectivity index (χ1v) is 8.85. The molecule has 1 aromatic carbocycles. The fourth-order valence-electron chi connectivity index (χ4n) is 2.76. The molecule has 2 rings (SSSR count). The quantitative estimate of drug-likeness (QED) is 0.773. The third kappa shape index (κ3) is 3.18. The van der Waals surface area contributed by atoms with Crippen molar-refractivity contribution in [3.63, 3.8) is 0 Å². The highest BCUT2D eigenvalue weighted by Crippen LogP contribution is 2.38. The summed E-state index contributed by atoms with van der Waals surface area (Å²) >= 11 is 7.90. The van der Waals surface area contributed by atoms with E-state index >= 15 is 0 Å². The fourth-order valence-corrected chi connectivity index (χ4v) is 4.05. The number of aliphatic hydroxyl groups excluding tert-OH is 1. The first-order chi connectivity index (χ1) is 10.0. The van der Waals surface area contributed by atoms with Crippen molar-refractivity contribution in [1.29, 1.82) is 0 Å². The molecule has 0 amide bonds. The molecule has 2 aromatic rings. The molecule has 0 aliphatic rings. The Hall–Kier alpha value is -0.830. The molecule has 1 atom stereocenters. The maximum Gasteiger partial charge on any atom is 0.115 e. The van der Waals surface area contributed by atoms with Crippen LogP contribution in [0.1, 0.15) is 59.6 Å². The van der Waals surface area contributed by atoms with Gasteiger partial charge in [-0.25, -0.2) is 0 Å². The van der Waals surface area contributed by atoms with Crippen LogP contribution in [0.2, 0.25) is 5.02 Å². The summed E-state index contributed by atoms with van der Waals surface area (Å²) in [6.07, 6.45) is 2.26. The molecular weight excluding hydrogens is 300 g/mol. The molecule has 1 unspecified atom stereocenters. The van der Waals surface area contributed by atoms with E-state index in [2.05, 4.69) is 32.9 Å².